The summed E-state index contributed by atoms with van der Waals surface area (Å²) in [5.41, 5.74) is 1.06. The van der Waals surface area contributed by atoms with E-state index in [1.54, 1.807) is 16.8 Å². The second kappa shape index (κ2) is 4.16. The van der Waals surface area contributed by atoms with Crippen molar-refractivity contribution in [1.82, 2.24) is 0 Å². The van der Waals surface area contributed by atoms with Crippen molar-refractivity contribution in [2.45, 2.75) is 4.90 Å². The third-order valence-electron chi connectivity index (χ3n) is 1.66. The largest absolute Gasteiger partial charge is 0.269 e. The zero-order chi connectivity index (χ0) is 8.97. The molecule has 1 aromatic carbocycles. The molecule has 0 spiro atoms. The molecule has 0 aliphatic carbocycles. The fraction of sp³-hybridized carbons (Fsp3) is 0.222. The van der Waals surface area contributed by atoms with Crippen molar-refractivity contribution < 1.29 is 0 Å². The van der Waals surface area contributed by atoms with Crippen LogP contribution in [0.25, 0.3) is 0 Å². The molecule has 0 aromatic heterocycles. The molecule has 0 N–H and O–H groups in total. The van der Waals surface area contributed by atoms with Crippen molar-refractivity contribution in [2.75, 3.05) is 18.3 Å². The summed E-state index contributed by atoms with van der Waals surface area (Å²) in [5, 5.41) is 5.53. The van der Waals surface area contributed by atoms with Crippen molar-refractivity contribution in [3.8, 4) is 0 Å². The Hall–Kier alpha value is -0.960. The first-order valence-corrected chi connectivity index (χ1v) is 4.85. The Morgan fingerprint density at radius 1 is 1.33 bits per heavy atom. The first kappa shape index (κ1) is 9.13. The third-order valence-corrected chi connectivity index (χ3v) is 2.40. The smallest absolute Gasteiger partial charge is 0.0591 e. The van der Waals surface area contributed by atoms with Gasteiger partial charge in [0.05, 0.1) is 5.69 Å². The number of nitrogens with zero attached hydrogens (tertiary/aromatic N) is 2. The van der Waals surface area contributed by atoms with Crippen molar-refractivity contribution in [3.05, 3.63) is 24.3 Å². The Bertz CT molecular complexity index is 256. The Morgan fingerprint density at radius 2 is 1.92 bits per heavy atom. The van der Waals surface area contributed by atoms with Gasteiger partial charge in [-0.25, -0.2) is 0 Å². The van der Waals surface area contributed by atoms with Gasteiger partial charge in [-0.1, -0.05) is 0 Å². The molecule has 3 heteroatoms. The van der Waals surface area contributed by atoms with Crippen LogP contribution < -0.4 is 5.01 Å². The summed E-state index contributed by atoms with van der Waals surface area (Å²) in [6, 6.07) is 8.20. The number of rotatable bonds is 3. The Balaban J connectivity index is 2.84. The number of anilines is 1. The fourth-order valence-electron chi connectivity index (χ4n) is 0.880. The minimum absolute atomic E-state index is 1.06. The summed E-state index contributed by atoms with van der Waals surface area (Å²) in [6.07, 6.45) is 2.06. The number of hydrogen-bond acceptors (Lipinski definition) is 3. The highest BCUT2D eigenvalue weighted by molar-refractivity contribution is 7.98. The van der Waals surface area contributed by atoms with Gasteiger partial charge in [0.25, 0.3) is 0 Å². The van der Waals surface area contributed by atoms with Gasteiger partial charge in [0.1, 0.15) is 0 Å². The van der Waals surface area contributed by atoms with Gasteiger partial charge in [-0.2, -0.15) is 5.10 Å². The number of hydrogen-bond donors (Lipinski definition) is 0. The molecule has 1 aromatic rings. The molecule has 0 unspecified atom stereocenters. The van der Waals surface area contributed by atoms with E-state index >= 15 is 0 Å². The van der Waals surface area contributed by atoms with Crippen LogP contribution in [0.2, 0.25) is 0 Å². The second-order valence-electron chi connectivity index (χ2n) is 2.36. The number of hydrazone groups is 1. The van der Waals surface area contributed by atoms with Gasteiger partial charge < -0.3 is 0 Å². The Labute approximate surface area is 77.3 Å². The molecular weight excluding hydrogens is 168 g/mol. The highest BCUT2D eigenvalue weighted by Gasteiger charge is 1.95. The first-order valence-electron chi connectivity index (χ1n) is 3.62. The molecule has 0 saturated carbocycles. The zero-order valence-electron chi connectivity index (χ0n) is 7.32. The average molecular weight is 180 g/mol. The van der Waals surface area contributed by atoms with Gasteiger partial charge in [0.15, 0.2) is 0 Å². The SMILES string of the molecule is C=NN(C)c1ccc(SC)cc1. The van der Waals surface area contributed by atoms with Gasteiger partial charge in [-0.05, 0) is 30.5 Å². The highest BCUT2D eigenvalue weighted by atomic mass is 32.2. The summed E-state index contributed by atoms with van der Waals surface area (Å²) in [4.78, 5) is 1.26. The van der Waals surface area contributed by atoms with E-state index in [-0.39, 0.29) is 0 Å². The van der Waals surface area contributed by atoms with Crippen LogP contribution in [-0.2, 0) is 0 Å². The summed E-state index contributed by atoms with van der Waals surface area (Å²) < 4.78 is 0. The van der Waals surface area contributed by atoms with Gasteiger partial charge in [-0.15, -0.1) is 11.8 Å². The molecule has 2 nitrogen and oxygen atoms in total. The highest BCUT2D eigenvalue weighted by Crippen LogP contribution is 2.19. The number of benzene rings is 1. The average Bonchev–Trinajstić information content (AvgIpc) is 2.17. The minimum Gasteiger partial charge on any atom is -0.269 e. The van der Waals surface area contributed by atoms with Crippen LogP contribution in [0, 0.1) is 0 Å². The normalized spacial score (nSPS) is 9.50. The molecule has 64 valence electrons. The summed E-state index contributed by atoms with van der Waals surface area (Å²) >= 11 is 1.73. The van der Waals surface area contributed by atoms with E-state index in [4.69, 9.17) is 0 Å². The van der Waals surface area contributed by atoms with Gasteiger partial charge in [0, 0.05) is 18.7 Å². The summed E-state index contributed by atoms with van der Waals surface area (Å²) in [7, 11) is 1.88. The lowest BCUT2D eigenvalue weighted by atomic mass is 10.3. The van der Waals surface area contributed by atoms with Crippen LogP contribution in [0.5, 0.6) is 0 Å². The topological polar surface area (TPSA) is 15.6 Å². The predicted octanol–water partition coefficient (Wildman–Crippen LogP) is 2.46. The lowest BCUT2D eigenvalue weighted by molar-refractivity contribution is 1.03. The Morgan fingerprint density at radius 3 is 2.33 bits per heavy atom. The molecule has 0 aliphatic rings. The van der Waals surface area contributed by atoms with Crippen LogP contribution in [0.15, 0.2) is 34.3 Å². The second-order valence-corrected chi connectivity index (χ2v) is 3.24. The van der Waals surface area contributed by atoms with E-state index in [9.17, 15) is 0 Å². The molecular formula is C9H12N2S. The molecule has 1 rings (SSSR count). The molecule has 12 heavy (non-hydrogen) atoms. The van der Waals surface area contributed by atoms with E-state index in [1.807, 2.05) is 19.2 Å². The molecule has 0 heterocycles. The molecule has 0 bridgehead atoms. The lowest BCUT2D eigenvalue weighted by Crippen LogP contribution is -2.06. The monoisotopic (exact) mass is 180 g/mol. The molecule has 0 amide bonds. The van der Waals surface area contributed by atoms with Crippen molar-refractivity contribution in [2.24, 2.45) is 5.10 Å². The maximum absolute atomic E-state index is 3.79. The quantitative estimate of drug-likeness (QED) is 0.403. The van der Waals surface area contributed by atoms with E-state index in [1.165, 1.54) is 4.90 Å². The van der Waals surface area contributed by atoms with E-state index in [0.29, 0.717) is 0 Å². The summed E-state index contributed by atoms with van der Waals surface area (Å²) in [5.74, 6) is 0. The van der Waals surface area contributed by atoms with Gasteiger partial charge >= 0.3 is 0 Å². The lowest BCUT2D eigenvalue weighted by Gasteiger charge is -2.11. The molecule has 0 atom stereocenters. The minimum atomic E-state index is 1.06. The van der Waals surface area contributed by atoms with Crippen LogP contribution >= 0.6 is 11.8 Å². The maximum Gasteiger partial charge on any atom is 0.0591 e. The standard InChI is InChI=1S/C9H12N2S/c1-10-11(2)8-4-6-9(12-3)7-5-8/h4-7H,1H2,2-3H3. The molecule has 0 fully saturated rings. The fourth-order valence-corrected chi connectivity index (χ4v) is 1.29. The van der Waals surface area contributed by atoms with Crippen LogP contribution in [0.1, 0.15) is 0 Å². The molecule has 0 radical (unpaired) electrons. The van der Waals surface area contributed by atoms with Crippen molar-refractivity contribution in [1.29, 1.82) is 0 Å². The third kappa shape index (κ3) is 2.01. The van der Waals surface area contributed by atoms with Crippen LogP contribution in [-0.4, -0.2) is 20.0 Å². The Kier molecular flexibility index (Phi) is 3.17. The summed E-state index contributed by atoms with van der Waals surface area (Å²) in [6.45, 7) is 3.45. The van der Waals surface area contributed by atoms with Crippen LogP contribution in [0.4, 0.5) is 5.69 Å². The first-order chi connectivity index (χ1) is 5.77. The van der Waals surface area contributed by atoms with Crippen LogP contribution in [0.3, 0.4) is 0 Å². The van der Waals surface area contributed by atoms with E-state index < -0.39 is 0 Å². The van der Waals surface area contributed by atoms with Crippen molar-refractivity contribution in [3.63, 3.8) is 0 Å². The van der Waals surface area contributed by atoms with Gasteiger partial charge in [-0.3, -0.25) is 5.01 Å². The van der Waals surface area contributed by atoms with Crippen molar-refractivity contribution >= 4 is 24.2 Å². The maximum atomic E-state index is 3.79. The molecule has 0 saturated heterocycles. The van der Waals surface area contributed by atoms with Gasteiger partial charge in [0.2, 0.25) is 0 Å². The van der Waals surface area contributed by atoms with E-state index in [2.05, 4.69) is 30.2 Å². The molecule has 0 aliphatic heterocycles. The predicted molar refractivity (Wildman–Crippen MR) is 56.2 cm³/mol. The zero-order valence-corrected chi connectivity index (χ0v) is 8.14. The van der Waals surface area contributed by atoms with E-state index in [0.717, 1.165) is 5.69 Å². The number of thioether (sulfide) groups is 1.